The van der Waals surface area contributed by atoms with Gasteiger partial charge in [0, 0.05) is 24.6 Å². The van der Waals surface area contributed by atoms with Gasteiger partial charge < -0.3 is 10.0 Å². The Morgan fingerprint density at radius 1 is 1.24 bits per heavy atom. The molecule has 0 saturated heterocycles. The van der Waals surface area contributed by atoms with Gasteiger partial charge in [-0.2, -0.15) is 0 Å². The van der Waals surface area contributed by atoms with E-state index in [1.165, 1.54) is 11.1 Å². The van der Waals surface area contributed by atoms with Crippen molar-refractivity contribution in [2.45, 2.75) is 38.5 Å². The smallest absolute Gasteiger partial charge is 0.120 e. The van der Waals surface area contributed by atoms with E-state index in [9.17, 15) is 5.11 Å². The Labute approximate surface area is 151 Å². The number of hydrogen-bond donors (Lipinski definition) is 1. The van der Waals surface area contributed by atoms with E-state index < -0.39 is 0 Å². The van der Waals surface area contributed by atoms with Crippen molar-refractivity contribution in [2.75, 3.05) is 13.6 Å². The Hall–Kier alpha value is -2.22. The minimum absolute atomic E-state index is 0.297. The average molecular weight is 335 g/mol. The summed E-state index contributed by atoms with van der Waals surface area (Å²) in [5.74, 6) is 0.728. The Bertz CT molecular complexity index is 740. The second-order valence-corrected chi connectivity index (χ2v) is 7.14. The number of phenolic OH excluding ortho intramolecular Hbond substituents is 1. The Balaban J connectivity index is 2.19. The quantitative estimate of drug-likeness (QED) is 0.807. The van der Waals surface area contributed by atoms with Crippen LogP contribution in [0, 0.1) is 5.92 Å². The van der Waals surface area contributed by atoms with E-state index in [0.29, 0.717) is 11.7 Å². The molecule has 1 aliphatic heterocycles. The minimum Gasteiger partial charge on any atom is -0.508 e. The largest absolute Gasteiger partial charge is 0.508 e. The van der Waals surface area contributed by atoms with E-state index in [4.69, 9.17) is 0 Å². The summed E-state index contributed by atoms with van der Waals surface area (Å²) in [5, 5.41) is 10.8. The van der Waals surface area contributed by atoms with Crippen LogP contribution in [0.1, 0.15) is 37.8 Å². The molecule has 2 heteroatoms. The van der Waals surface area contributed by atoms with Crippen LogP contribution in [0.15, 0.2) is 66.4 Å². The van der Waals surface area contributed by atoms with E-state index in [1.807, 2.05) is 6.07 Å². The number of hydrogen-bond acceptors (Lipinski definition) is 2. The van der Waals surface area contributed by atoms with Gasteiger partial charge in [-0.3, -0.25) is 0 Å². The molecule has 1 aromatic rings. The highest BCUT2D eigenvalue weighted by atomic mass is 16.3. The summed E-state index contributed by atoms with van der Waals surface area (Å²) in [6.45, 7) is 5.33. The maximum atomic E-state index is 10.8. The van der Waals surface area contributed by atoms with Crippen molar-refractivity contribution in [3.05, 3.63) is 77.6 Å². The highest BCUT2D eigenvalue weighted by Crippen LogP contribution is 2.49. The lowest BCUT2D eigenvalue weighted by Gasteiger charge is -2.42. The van der Waals surface area contributed by atoms with Gasteiger partial charge in [-0.15, -0.1) is 0 Å². The van der Waals surface area contributed by atoms with Crippen molar-refractivity contribution in [3.8, 4) is 5.75 Å². The Morgan fingerprint density at radius 3 is 2.76 bits per heavy atom. The lowest BCUT2D eigenvalue weighted by molar-refractivity contribution is 0.399. The molecule has 2 aliphatic rings. The molecular formula is C23H29NO. The fourth-order valence-electron chi connectivity index (χ4n) is 4.14. The van der Waals surface area contributed by atoms with Crippen molar-refractivity contribution in [1.82, 2.24) is 4.90 Å². The van der Waals surface area contributed by atoms with Crippen LogP contribution >= 0.6 is 0 Å². The van der Waals surface area contributed by atoms with Gasteiger partial charge in [0.15, 0.2) is 0 Å². The van der Waals surface area contributed by atoms with Gasteiger partial charge in [0.2, 0.25) is 0 Å². The predicted molar refractivity (Wildman–Crippen MR) is 106 cm³/mol. The number of aryl methyl sites for hydroxylation is 1. The van der Waals surface area contributed by atoms with Crippen LogP contribution in [-0.4, -0.2) is 23.6 Å². The first-order chi connectivity index (χ1) is 12.1. The first-order valence-electron chi connectivity index (χ1n) is 9.39. The summed E-state index contributed by atoms with van der Waals surface area (Å²) >= 11 is 0. The van der Waals surface area contributed by atoms with Crippen molar-refractivity contribution in [2.24, 2.45) is 5.92 Å². The fraction of sp³-hybridized carbons (Fsp3) is 0.391. The van der Waals surface area contributed by atoms with Crippen LogP contribution < -0.4 is 0 Å². The summed E-state index contributed by atoms with van der Waals surface area (Å²) in [5.41, 5.74) is 3.31. The summed E-state index contributed by atoms with van der Waals surface area (Å²) in [6, 6.07) is 6.15. The average Bonchev–Trinajstić information content (AvgIpc) is 2.64. The molecule has 1 aromatic carbocycles. The molecule has 0 fully saturated rings. The molecule has 2 nitrogen and oxygen atoms in total. The number of likely N-dealkylation sites (N-methyl/N-ethyl adjacent to an activating group) is 1. The number of benzene rings is 1. The minimum atomic E-state index is -0.297. The summed E-state index contributed by atoms with van der Waals surface area (Å²) < 4.78 is 0. The maximum absolute atomic E-state index is 10.8. The normalized spacial score (nSPS) is 25.3. The molecule has 0 spiro atoms. The number of phenols is 1. The fourth-order valence-corrected chi connectivity index (χ4v) is 4.14. The highest BCUT2D eigenvalue weighted by molar-refractivity contribution is 5.57. The van der Waals surface area contributed by atoms with Gasteiger partial charge in [0.1, 0.15) is 5.75 Å². The van der Waals surface area contributed by atoms with Crippen LogP contribution in [0.4, 0.5) is 0 Å². The summed E-state index contributed by atoms with van der Waals surface area (Å²) in [6.07, 6.45) is 18.7. The topological polar surface area (TPSA) is 23.5 Å². The highest BCUT2D eigenvalue weighted by Gasteiger charge is 2.41. The van der Waals surface area contributed by atoms with Gasteiger partial charge >= 0.3 is 0 Å². The van der Waals surface area contributed by atoms with Crippen molar-refractivity contribution < 1.29 is 5.11 Å². The third kappa shape index (κ3) is 3.18. The number of allylic oxidation sites excluding steroid dienone is 6. The molecule has 0 amide bonds. The Kier molecular flexibility index (Phi) is 5.17. The molecule has 25 heavy (non-hydrogen) atoms. The van der Waals surface area contributed by atoms with Crippen LogP contribution in [0.3, 0.4) is 0 Å². The monoisotopic (exact) mass is 335 g/mol. The zero-order valence-corrected chi connectivity index (χ0v) is 15.6. The molecule has 132 valence electrons. The molecule has 2 atom stereocenters. The van der Waals surface area contributed by atoms with Crippen LogP contribution in [0.25, 0.3) is 0 Å². The lowest BCUT2D eigenvalue weighted by atomic mass is 9.62. The first kappa shape index (κ1) is 17.6. The third-order valence-corrected chi connectivity index (χ3v) is 5.47. The molecule has 3 rings (SSSR count). The molecular weight excluding hydrogens is 306 g/mol. The van der Waals surface area contributed by atoms with Crippen LogP contribution in [-0.2, 0) is 11.8 Å². The summed E-state index contributed by atoms with van der Waals surface area (Å²) in [7, 11) is 2.09. The molecule has 0 saturated carbocycles. The second-order valence-electron chi connectivity index (χ2n) is 7.14. The number of nitrogens with zero attached hydrogens (tertiary/aromatic N) is 1. The van der Waals surface area contributed by atoms with Crippen LogP contribution in [0.5, 0.6) is 5.75 Å². The van der Waals surface area contributed by atoms with Crippen molar-refractivity contribution in [3.63, 3.8) is 0 Å². The van der Waals surface area contributed by atoms with Crippen molar-refractivity contribution >= 4 is 0 Å². The van der Waals surface area contributed by atoms with E-state index in [0.717, 1.165) is 31.4 Å². The Morgan fingerprint density at radius 2 is 2.08 bits per heavy atom. The molecule has 0 aromatic heterocycles. The van der Waals surface area contributed by atoms with Gasteiger partial charge in [-0.05, 0) is 48.2 Å². The zero-order chi connectivity index (χ0) is 17.9. The third-order valence-electron chi connectivity index (χ3n) is 5.47. The molecule has 1 N–H and O–H groups in total. The number of rotatable bonds is 5. The first-order valence-corrected chi connectivity index (χ1v) is 9.39. The van der Waals surface area contributed by atoms with Crippen LogP contribution in [0.2, 0.25) is 0 Å². The van der Waals surface area contributed by atoms with Gasteiger partial charge in [-0.25, -0.2) is 0 Å². The lowest BCUT2D eigenvalue weighted by Crippen LogP contribution is -2.37. The SMILES string of the molecule is CCCc1ccc(O)c(C2(C3=CCN(C)C=C3)C=CC=CC2CC)c1. The number of aromatic hydroxyl groups is 1. The standard InChI is InChI=1S/C23H29NO/c1-4-8-18-10-11-22(25)21(17-18)23(14-7-6-9-19(23)5-2)20-12-15-24(3)16-13-20/h6-7,9-15,17,19,25H,4-5,8,16H2,1-3H3. The van der Waals surface area contributed by atoms with E-state index >= 15 is 0 Å². The van der Waals surface area contributed by atoms with E-state index in [-0.39, 0.29) is 5.41 Å². The van der Waals surface area contributed by atoms with E-state index in [2.05, 4.69) is 80.6 Å². The molecule has 0 radical (unpaired) electrons. The molecule has 2 unspecified atom stereocenters. The molecule has 0 bridgehead atoms. The van der Waals surface area contributed by atoms with Gasteiger partial charge in [-0.1, -0.05) is 62.8 Å². The van der Waals surface area contributed by atoms with Crippen molar-refractivity contribution in [1.29, 1.82) is 0 Å². The maximum Gasteiger partial charge on any atom is 0.120 e. The molecule has 1 aliphatic carbocycles. The zero-order valence-electron chi connectivity index (χ0n) is 15.6. The van der Waals surface area contributed by atoms with Gasteiger partial charge in [0.05, 0.1) is 0 Å². The second kappa shape index (κ2) is 7.35. The van der Waals surface area contributed by atoms with Gasteiger partial charge in [0.25, 0.3) is 0 Å². The molecule has 1 heterocycles. The summed E-state index contributed by atoms with van der Waals surface area (Å²) in [4.78, 5) is 2.17. The predicted octanol–water partition coefficient (Wildman–Crippen LogP) is 5.12. The van der Waals surface area contributed by atoms with E-state index in [1.54, 1.807) is 0 Å².